The van der Waals surface area contributed by atoms with E-state index in [1.54, 1.807) is 0 Å². The average molecular weight is 277 g/mol. The highest BCUT2D eigenvalue weighted by atomic mass is 16.2. The molecule has 0 heterocycles. The highest BCUT2D eigenvalue weighted by Gasteiger charge is 2.14. The number of anilines is 1. The van der Waals surface area contributed by atoms with E-state index in [9.17, 15) is 4.79 Å². The lowest BCUT2D eigenvalue weighted by molar-refractivity contribution is -0.132. The monoisotopic (exact) mass is 277 g/mol. The molecule has 0 aromatic heterocycles. The van der Waals surface area contributed by atoms with Gasteiger partial charge >= 0.3 is 0 Å². The fourth-order valence-electron chi connectivity index (χ4n) is 2.01. The van der Waals surface area contributed by atoms with Crippen LogP contribution in [0.15, 0.2) is 24.3 Å². The molecule has 1 amide bonds. The third-order valence-electron chi connectivity index (χ3n) is 3.49. The fraction of sp³-hybridized carbons (Fsp3) is 0.562. The van der Waals surface area contributed by atoms with Gasteiger partial charge in [0.05, 0.1) is 0 Å². The summed E-state index contributed by atoms with van der Waals surface area (Å²) in [6.45, 7) is 5.98. The second-order valence-corrected chi connectivity index (χ2v) is 5.51. The number of carbonyl (C=O) groups is 1. The molecule has 4 nitrogen and oxygen atoms in total. The fourth-order valence-corrected chi connectivity index (χ4v) is 2.01. The van der Waals surface area contributed by atoms with Crippen LogP contribution in [0.4, 0.5) is 5.69 Å². The predicted molar refractivity (Wildman–Crippen MR) is 84.7 cm³/mol. The second-order valence-electron chi connectivity index (χ2n) is 5.51. The van der Waals surface area contributed by atoms with Crippen molar-refractivity contribution in [3.05, 3.63) is 29.8 Å². The van der Waals surface area contributed by atoms with Crippen LogP contribution in [-0.2, 0) is 11.3 Å². The summed E-state index contributed by atoms with van der Waals surface area (Å²) in [7, 11) is 4.04. The van der Waals surface area contributed by atoms with Gasteiger partial charge in [-0.25, -0.2) is 0 Å². The Hall–Kier alpha value is -1.55. The van der Waals surface area contributed by atoms with Crippen molar-refractivity contribution in [2.75, 3.05) is 32.1 Å². The van der Waals surface area contributed by atoms with Crippen LogP contribution in [-0.4, -0.2) is 38.0 Å². The summed E-state index contributed by atoms with van der Waals surface area (Å²) in [4.78, 5) is 16.1. The van der Waals surface area contributed by atoms with Crippen LogP contribution in [0, 0.1) is 5.92 Å². The van der Waals surface area contributed by atoms with Gasteiger partial charge in [-0.3, -0.25) is 4.79 Å². The lowest BCUT2D eigenvalue weighted by Crippen LogP contribution is -2.32. The summed E-state index contributed by atoms with van der Waals surface area (Å²) >= 11 is 0. The first-order valence-corrected chi connectivity index (χ1v) is 7.22. The van der Waals surface area contributed by atoms with Crippen LogP contribution >= 0.6 is 0 Å². The molecule has 112 valence electrons. The molecule has 0 aliphatic heterocycles. The number of amides is 1. The van der Waals surface area contributed by atoms with E-state index in [0.717, 1.165) is 12.1 Å². The van der Waals surface area contributed by atoms with Crippen molar-refractivity contribution in [1.82, 2.24) is 4.90 Å². The van der Waals surface area contributed by atoms with Gasteiger partial charge in [-0.15, -0.1) is 0 Å². The van der Waals surface area contributed by atoms with Gasteiger partial charge in [0.1, 0.15) is 0 Å². The molecular weight excluding hydrogens is 250 g/mol. The standard InChI is InChI=1S/C16H27N3O/c1-5-19(16(20)10-13(2)11-17)12-14-6-8-15(9-7-14)18(3)4/h6-9,13H,5,10-12,17H2,1-4H3. The lowest BCUT2D eigenvalue weighted by Gasteiger charge is -2.23. The Morgan fingerprint density at radius 1 is 1.25 bits per heavy atom. The largest absolute Gasteiger partial charge is 0.378 e. The zero-order chi connectivity index (χ0) is 15.1. The molecule has 1 unspecified atom stereocenters. The van der Waals surface area contributed by atoms with E-state index in [1.807, 2.05) is 32.8 Å². The first kappa shape index (κ1) is 16.5. The Morgan fingerprint density at radius 2 is 1.85 bits per heavy atom. The topological polar surface area (TPSA) is 49.6 Å². The number of hydrogen-bond donors (Lipinski definition) is 1. The third kappa shape index (κ3) is 4.85. The molecule has 1 aromatic rings. The molecule has 1 rings (SSSR count). The van der Waals surface area contributed by atoms with Crippen molar-refractivity contribution < 1.29 is 4.79 Å². The molecule has 2 N–H and O–H groups in total. The van der Waals surface area contributed by atoms with Gasteiger partial charge in [-0.05, 0) is 37.1 Å². The molecule has 1 atom stereocenters. The van der Waals surface area contributed by atoms with Gasteiger partial charge < -0.3 is 15.5 Å². The molecule has 4 heteroatoms. The second kappa shape index (κ2) is 7.90. The zero-order valence-corrected chi connectivity index (χ0v) is 13.1. The quantitative estimate of drug-likeness (QED) is 0.830. The minimum absolute atomic E-state index is 0.183. The number of benzene rings is 1. The lowest BCUT2D eigenvalue weighted by atomic mass is 10.1. The van der Waals surface area contributed by atoms with E-state index in [1.165, 1.54) is 5.69 Å². The summed E-state index contributed by atoms with van der Waals surface area (Å²) in [6, 6.07) is 8.32. The van der Waals surface area contributed by atoms with Crippen LogP contribution in [0.1, 0.15) is 25.8 Å². The normalized spacial score (nSPS) is 12.1. The van der Waals surface area contributed by atoms with Crippen molar-refractivity contribution in [2.24, 2.45) is 11.7 Å². The van der Waals surface area contributed by atoms with Crippen LogP contribution in [0.2, 0.25) is 0 Å². The van der Waals surface area contributed by atoms with Gasteiger partial charge in [0, 0.05) is 39.3 Å². The van der Waals surface area contributed by atoms with Gasteiger partial charge in [-0.1, -0.05) is 19.1 Å². The maximum absolute atomic E-state index is 12.2. The average Bonchev–Trinajstić information content (AvgIpc) is 2.44. The molecule has 1 aromatic carbocycles. The Balaban J connectivity index is 2.65. The van der Waals surface area contributed by atoms with Crippen molar-refractivity contribution in [3.63, 3.8) is 0 Å². The number of carbonyl (C=O) groups excluding carboxylic acids is 1. The summed E-state index contributed by atoms with van der Waals surface area (Å²) in [5, 5.41) is 0. The van der Waals surface area contributed by atoms with E-state index in [2.05, 4.69) is 29.2 Å². The van der Waals surface area contributed by atoms with Gasteiger partial charge in [0.15, 0.2) is 0 Å². The first-order valence-electron chi connectivity index (χ1n) is 7.22. The maximum Gasteiger partial charge on any atom is 0.223 e. The minimum atomic E-state index is 0.183. The molecule has 0 aliphatic carbocycles. The molecule has 20 heavy (non-hydrogen) atoms. The van der Waals surface area contributed by atoms with E-state index in [-0.39, 0.29) is 11.8 Å². The molecule has 0 aliphatic rings. The zero-order valence-electron chi connectivity index (χ0n) is 13.1. The summed E-state index contributed by atoms with van der Waals surface area (Å²) in [5.41, 5.74) is 7.91. The highest BCUT2D eigenvalue weighted by molar-refractivity contribution is 5.76. The van der Waals surface area contributed by atoms with Gasteiger partial charge in [-0.2, -0.15) is 0 Å². The Kier molecular flexibility index (Phi) is 6.52. The number of nitrogens with zero attached hydrogens (tertiary/aromatic N) is 2. The minimum Gasteiger partial charge on any atom is -0.378 e. The predicted octanol–water partition coefficient (Wildman–Crippen LogP) is 2.09. The number of rotatable bonds is 7. The molecule has 0 saturated carbocycles. The summed E-state index contributed by atoms with van der Waals surface area (Å²) in [6.07, 6.45) is 0.528. The Bertz CT molecular complexity index is 414. The first-order chi connectivity index (χ1) is 9.47. The SMILES string of the molecule is CCN(Cc1ccc(N(C)C)cc1)C(=O)CC(C)CN. The van der Waals surface area contributed by atoms with Crippen LogP contribution < -0.4 is 10.6 Å². The summed E-state index contributed by atoms with van der Waals surface area (Å²) < 4.78 is 0. The maximum atomic E-state index is 12.2. The number of nitrogens with two attached hydrogens (primary N) is 1. The molecule has 0 spiro atoms. The molecule has 0 bridgehead atoms. The molecule has 0 saturated heterocycles. The van der Waals surface area contributed by atoms with E-state index < -0.39 is 0 Å². The van der Waals surface area contributed by atoms with Crippen molar-refractivity contribution in [2.45, 2.75) is 26.8 Å². The summed E-state index contributed by atoms with van der Waals surface area (Å²) in [5.74, 6) is 0.426. The van der Waals surface area contributed by atoms with E-state index in [4.69, 9.17) is 5.73 Å². The number of hydrogen-bond acceptors (Lipinski definition) is 3. The van der Waals surface area contributed by atoms with E-state index in [0.29, 0.717) is 19.5 Å². The van der Waals surface area contributed by atoms with E-state index >= 15 is 0 Å². The highest BCUT2D eigenvalue weighted by Crippen LogP contribution is 2.14. The van der Waals surface area contributed by atoms with Crippen LogP contribution in [0.5, 0.6) is 0 Å². The van der Waals surface area contributed by atoms with Crippen molar-refractivity contribution in [3.8, 4) is 0 Å². The third-order valence-corrected chi connectivity index (χ3v) is 3.49. The van der Waals surface area contributed by atoms with Gasteiger partial charge in [0.2, 0.25) is 5.91 Å². The Morgan fingerprint density at radius 3 is 2.30 bits per heavy atom. The van der Waals surface area contributed by atoms with Crippen LogP contribution in [0.3, 0.4) is 0 Å². The van der Waals surface area contributed by atoms with Gasteiger partial charge in [0.25, 0.3) is 0 Å². The van der Waals surface area contributed by atoms with Crippen LogP contribution in [0.25, 0.3) is 0 Å². The smallest absolute Gasteiger partial charge is 0.223 e. The molecular formula is C16H27N3O. The Labute approximate surface area is 122 Å². The molecule has 0 radical (unpaired) electrons. The van der Waals surface area contributed by atoms with Crippen molar-refractivity contribution >= 4 is 11.6 Å². The molecule has 0 fully saturated rings. The van der Waals surface area contributed by atoms with Crippen molar-refractivity contribution in [1.29, 1.82) is 0 Å².